The molecule has 0 aromatic rings. The van der Waals surface area contributed by atoms with Crippen molar-refractivity contribution in [1.82, 2.24) is 4.90 Å². The molecule has 0 radical (unpaired) electrons. The number of hydrogen-bond acceptors (Lipinski definition) is 3. The minimum absolute atomic E-state index is 0.106. The molecule has 21 heavy (non-hydrogen) atoms. The van der Waals surface area contributed by atoms with Gasteiger partial charge >= 0.3 is 0 Å². The molecule has 4 heteroatoms. The lowest BCUT2D eigenvalue weighted by Gasteiger charge is -2.39. The van der Waals surface area contributed by atoms with Crippen LogP contribution in [0.3, 0.4) is 0 Å². The van der Waals surface area contributed by atoms with Gasteiger partial charge in [0.15, 0.2) is 0 Å². The molecule has 1 heterocycles. The summed E-state index contributed by atoms with van der Waals surface area (Å²) in [6, 6.07) is 0.264. The fourth-order valence-electron chi connectivity index (χ4n) is 4.66. The summed E-state index contributed by atoms with van der Waals surface area (Å²) in [5.41, 5.74) is 0. The normalized spacial score (nSPS) is 41.2. The van der Waals surface area contributed by atoms with Crippen molar-refractivity contribution in [3.63, 3.8) is 0 Å². The minimum atomic E-state index is -0.217. The van der Waals surface area contributed by atoms with Crippen LogP contribution in [0.25, 0.3) is 0 Å². The number of rotatable bonds is 2. The third-order valence-corrected chi connectivity index (χ3v) is 5.90. The lowest BCUT2D eigenvalue weighted by Crippen LogP contribution is -2.47. The summed E-state index contributed by atoms with van der Waals surface area (Å²) in [6.45, 7) is 0.867. The molecule has 3 fully saturated rings. The van der Waals surface area contributed by atoms with Crippen LogP contribution in [0.4, 0.5) is 0 Å². The van der Waals surface area contributed by atoms with Crippen molar-refractivity contribution in [3.05, 3.63) is 0 Å². The molecule has 3 unspecified atom stereocenters. The van der Waals surface area contributed by atoms with Gasteiger partial charge in [0.1, 0.15) is 0 Å². The van der Waals surface area contributed by atoms with Crippen molar-refractivity contribution in [2.75, 3.05) is 6.54 Å². The van der Waals surface area contributed by atoms with E-state index in [1.54, 1.807) is 0 Å². The zero-order valence-electron chi connectivity index (χ0n) is 12.9. The second-order valence-electron chi connectivity index (χ2n) is 7.26. The first-order chi connectivity index (χ1) is 10.2. The standard InChI is InChI=1S/C17H29NO3/c19-13-9-7-12(8-10-13)17(21)18-11-3-5-15(18)14-4-1-2-6-16(14)20/h12-16,19-20H,1-11H2. The highest BCUT2D eigenvalue weighted by Gasteiger charge is 2.41. The average Bonchev–Trinajstić information content (AvgIpc) is 2.97. The van der Waals surface area contributed by atoms with Crippen LogP contribution in [0, 0.1) is 11.8 Å². The van der Waals surface area contributed by atoms with E-state index in [0.29, 0.717) is 11.8 Å². The molecule has 4 nitrogen and oxygen atoms in total. The van der Waals surface area contributed by atoms with Crippen molar-refractivity contribution < 1.29 is 15.0 Å². The predicted molar refractivity (Wildman–Crippen MR) is 80.7 cm³/mol. The molecule has 120 valence electrons. The van der Waals surface area contributed by atoms with Crippen LogP contribution in [0.15, 0.2) is 0 Å². The van der Waals surface area contributed by atoms with Crippen LogP contribution in [0.2, 0.25) is 0 Å². The Hall–Kier alpha value is -0.610. The molecule has 2 aliphatic carbocycles. The molecule has 0 bridgehead atoms. The van der Waals surface area contributed by atoms with Gasteiger partial charge in [0.05, 0.1) is 12.2 Å². The topological polar surface area (TPSA) is 60.8 Å². The average molecular weight is 295 g/mol. The van der Waals surface area contributed by atoms with Crippen molar-refractivity contribution in [2.24, 2.45) is 11.8 Å². The van der Waals surface area contributed by atoms with Gasteiger partial charge in [0.25, 0.3) is 0 Å². The Morgan fingerprint density at radius 1 is 0.857 bits per heavy atom. The summed E-state index contributed by atoms with van der Waals surface area (Å²) in [7, 11) is 0. The Balaban J connectivity index is 1.64. The Labute approximate surface area is 127 Å². The van der Waals surface area contributed by atoms with Crippen LogP contribution in [-0.4, -0.2) is 45.8 Å². The molecule has 3 aliphatic rings. The summed E-state index contributed by atoms with van der Waals surface area (Å²) in [6.07, 6.45) is 9.19. The number of hydrogen-bond donors (Lipinski definition) is 2. The van der Waals surface area contributed by atoms with Gasteiger partial charge in [-0.3, -0.25) is 4.79 Å². The molecular formula is C17H29NO3. The molecule has 2 saturated carbocycles. The zero-order chi connectivity index (χ0) is 14.8. The van der Waals surface area contributed by atoms with Gasteiger partial charge in [0, 0.05) is 24.4 Å². The molecule has 1 amide bonds. The van der Waals surface area contributed by atoms with Crippen LogP contribution in [0.1, 0.15) is 64.2 Å². The first-order valence-corrected chi connectivity index (χ1v) is 8.83. The Kier molecular flexibility index (Phi) is 4.85. The summed E-state index contributed by atoms with van der Waals surface area (Å²) in [4.78, 5) is 14.9. The smallest absolute Gasteiger partial charge is 0.225 e. The molecule has 3 atom stereocenters. The molecule has 1 saturated heterocycles. The summed E-state index contributed by atoms with van der Waals surface area (Å²) < 4.78 is 0. The van der Waals surface area contributed by atoms with E-state index in [4.69, 9.17) is 0 Å². The second-order valence-corrected chi connectivity index (χ2v) is 7.26. The monoisotopic (exact) mass is 295 g/mol. The van der Waals surface area contributed by atoms with Crippen LogP contribution >= 0.6 is 0 Å². The van der Waals surface area contributed by atoms with E-state index >= 15 is 0 Å². The number of carbonyl (C=O) groups is 1. The maximum Gasteiger partial charge on any atom is 0.225 e. The maximum absolute atomic E-state index is 12.8. The highest BCUT2D eigenvalue weighted by molar-refractivity contribution is 5.79. The van der Waals surface area contributed by atoms with Gasteiger partial charge in [-0.15, -0.1) is 0 Å². The lowest BCUT2D eigenvalue weighted by molar-refractivity contribution is -0.140. The largest absolute Gasteiger partial charge is 0.393 e. The van der Waals surface area contributed by atoms with Crippen molar-refractivity contribution in [2.45, 2.75) is 82.5 Å². The highest BCUT2D eigenvalue weighted by Crippen LogP contribution is 2.36. The third-order valence-electron chi connectivity index (χ3n) is 5.90. The zero-order valence-corrected chi connectivity index (χ0v) is 12.9. The number of amides is 1. The molecular weight excluding hydrogens is 266 g/mol. The van der Waals surface area contributed by atoms with E-state index in [0.717, 1.165) is 64.3 Å². The van der Waals surface area contributed by atoms with Gasteiger partial charge in [-0.1, -0.05) is 12.8 Å². The molecule has 3 rings (SSSR count). The molecule has 2 N–H and O–H groups in total. The fraction of sp³-hybridized carbons (Fsp3) is 0.941. The van der Waals surface area contributed by atoms with E-state index in [-0.39, 0.29) is 24.2 Å². The van der Waals surface area contributed by atoms with E-state index in [9.17, 15) is 15.0 Å². The van der Waals surface area contributed by atoms with Crippen LogP contribution < -0.4 is 0 Å². The molecule has 1 aliphatic heterocycles. The second kappa shape index (κ2) is 6.66. The first-order valence-electron chi connectivity index (χ1n) is 8.83. The van der Waals surface area contributed by atoms with E-state index in [2.05, 4.69) is 4.90 Å². The Bertz CT molecular complexity index is 365. The quantitative estimate of drug-likeness (QED) is 0.820. The van der Waals surface area contributed by atoms with E-state index in [1.165, 1.54) is 6.42 Å². The van der Waals surface area contributed by atoms with Crippen molar-refractivity contribution in [3.8, 4) is 0 Å². The van der Waals surface area contributed by atoms with E-state index in [1.807, 2.05) is 0 Å². The van der Waals surface area contributed by atoms with Gasteiger partial charge < -0.3 is 15.1 Å². The molecule has 0 aromatic carbocycles. The van der Waals surface area contributed by atoms with Gasteiger partial charge in [-0.05, 0) is 51.4 Å². The summed E-state index contributed by atoms with van der Waals surface area (Å²) in [5, 5.41) is 19.9. The molecule has 0 spiro atoms. The van der Waals surface area contributed by atoms with Gasteiger partial charge in [-0.25, -0.2) is 0 Å². The fourth-order valence-corrected chi connectivity index (χ4v) is 4.66. The number of likely N-dealkylation sites (tertiary alicyclic amines) is 1. The number of aliphatic hydroxyl groups excluding tert-OH is 2. The predicted octanol–water partition coefficient (Wildman–Crippen LogP) is 2.08. The lowest BCUT2D eigenvalue weighted by atomic mass is 9.80. The van der Waals surface area contributed by atoms with Crippen molar-refractivity contribution in [1.29, 1.82) is 0 Å². The van der Waals surface area contributed by atoms with Gasteiger partial charge in [0.2, 0.25) is 5.91 Å². The number of aliphatic hydroxyl groups is 2. The van der Waals surface area contributed by atoms with Crippen LogP contribution in [0.5, 0.6) is 0 Å². The highest BCUT2D eigenvalue weighted by atomic mass is 16.3. The number of carbonyl (C=O) groups excluding carboxylic acids is 1. The SMILES string of the molecule is O=C(C1CCC(O)CC1)N1CCCC1C1CCCCC1O. The van der Waals surface area contributed by atoms with E-state index < -0.39 is 0 Å². The van der Waals surface area contributed by atoms with Gasteiger partial charge in [-0.2, -0.15) is 0 Å². The Morgan fingerprint density at radius 2 is 1.57 bits per heavy atom. The number of nitrogens with zero attached hydrogens (tertiary/aromatic N) is 1. The maximum atomic E-state index is 12.8. The first kappa shape index (κ1) is 15.3. The minimum Gasteiger partial charge on any atom is -0.393 e. The summed E-state index contributed by atoms with van der Waals surface area (Å²) in [5.74, 6) is 0.691. The third kappa shape index (κ3) is 3.26. The Morgan fingerprint density at radius 3 is 2.29 bits per heavy atom. The van der Waals surface area contributed by atoms with Crippen molar-refractivity contribution >= 4 is 5.91 Å². The molecule has 0 aromatic heterocycles. The summed E-state index contributed by atoms with van der Waals surface area (Å²) >= 11 is 0. The van der Waals surface area contributed by atoms with Crippen LogP contribution in [-0.2, 0) is 4.79 Å².